The van der Waals surface area contributed by atoms with Gasteiger partial charge in [0, 0.05) is 19.0 Å². The van der Waals surface area contributed by atoms with Crippen molar-refractivity contribution in [1.82, 2.24) is 15.0 Å². The quantitative estimate of drug-likeness (QED) is 0.757. The predicted octanol–water partition coefficient (Wildman–Crippen LogP) is 3.22. The first-order valence-corrected chi connectivity index (χ1v) is 8.23. The van der Waals surface area contributed by atoms with Crippen molar-refractivity contribution in [2.75, 3.05) is 19.7 Å². The van der Waals surface area contributed by atoms with Gasteiger partial charge in [0.25, 0.3) is 0 Å². The van der Waals surface area contributed by atoms with Crippen molar-refractivity contribution in [3.8, 4) is 6.01 Å². The molecule has 1 fully saturated rings. The number of carbonyl (C=O) groups excluding carboxylic acids is 1. The van der Waals surface area contributed by atoms with E-state index >= 15 is 0 Å². The van der Waals surface area contributed by atoms with Crippen LogP contribution in [-0.4, -0.2) is 41.1 Å². The normalized spacial score (nSPS) is 20.8. The minimum atomic E-state index is -4.37. The van der Waals surface area contributed by atoms with Crippen LogP contribution in [0.25, 0.3) is 0 Å². The molecular formula is C17H18F3N3O3. The van der Waals surface area contributed by atoms with Crippen molar-refractivity contribution < 1.29 is 27.2 Å². The summed E-state index contributed by atoms with van der Waals surface area (Å²) < 4.78 is 48.6. The van der Waals surface area contributed by atoms with Crippen LogP contribution in [0.5, 0.6) is 6.01 Å². The highest BCUT2D eigenvalue weighted by Crippen LogP contribution is 2.36. The van der Waals surface area contributed by atoms with Gasteiger partial charge in [-0.15, -0.1) is 0 Å². The molecule has 2 aromatic rings. The molecule has 3 rings (SSSR count). The zero-order chi connectivity index (χ0) is 18.7. The van der Waals surface area contributed by atoms with Crippen molar-refractivity contribution in [3.63, 3.8) is 0 Å². The molecule has 1 saturated heterocycles. The van der Waals surface area contributed by atoms with Gasteiger partial charge >= 0.3 is 12.2 Å². The molecule has 0 saturated carbocycles. The van der Waals surface area contributed by atoms with E-state index in [1.165, 1.54) is 12.1 Å². The van der Waals surface area contributed by atoms with Gasteiger partial charge in [-0.05, 0) is 36.2 Å². The average molecular weight is 369 g/mol. The summed E-state index contributed by atoms with van der Waals surface area (Å²) in [7, 11) is 0. The van der Waals surface area contributed by atoms with Crippen molar-refractivity contribution in [2.24, 2.45) is 0 Å². The zero-order valence-corrected chi connectivity index (χ0v) is 14.1. The second-order valence-corrected chi connectivity index (χ2v) is 6.16. The molecule has 1 aromatic heterocycles. The largest absolute Gasteiger partial charge is 0.462 e. The van der Waals surface area contributed by atoms with Gasteiger partial charge in [-0.25, -0.2) is 0 Å². The molecule has 0 N–H and O–H groups in total. The Kier molecular flexibility index (Phi) is 5.15. The number of ether oxygens (including phenoxy) is 1. The number of rotatable bonds is 5. The van der Waals surface area contributed by atoms with E-state index in [0.717, 1.165) is 24.1 Å². The lowest BCUT2D eigenvalue weighted by Gasteiger charge is -2.34. The van der Waals surface area contributed by atoms with Gasteiger partial charge < -0.3 is 14.2 Å². The lowest BCUT2D eigenvalue weighted by atomic mass is 9.84. The average Bonchev–Trinajstić information content (AvgIpc) is 3.10. The first-order chi connectivity index (χ1) is 12.4. The lowest BCUT2D eigenvalue weighted by Crippen LogP contribution is -2.37. The van der Waals surface area contributed by atoms with E-state index in [1.807, 2.05) is 0 Å². The van der Waals surface area contributed by atoms with E-state index in [4.69, 9.17) is 9.26 Å². The van der Waals surface area contributed by atoms with Crippen LogP contribution in [0.1, 0.15) is 42.2 Å². The van der Waals surface area contributed by atoms with E-state index in [2.05, 4.69) is 10.1 Å². The summed E-state index contributed by atoms with van der Waals surface area (Å²) in [5, 5.41) is 3.73. The Balaban J connectivity index is 1.79. The predicted molar refractivity (Wildman–Crippen MR) is 84.6 cm³/mol. The standard InChI is InChI=1S/C17H18F3N3O3/c1-2-25-16-21-15(26-22-16)13-7-12(8-23(9-13)10-24)11-3-5-14(6-4-11)17(18,19)20/h3-6,10,12-13H,2,7-9H2,1H3. The fourth-order valence-corrected chi connectivity index (χ4v) is 3.16. The molecule has 0 radical (unpaired) electrons. The molecule has 2 atom stereocenters. The molecule has 140 valence electrons. The van der Waals surface area contributed by atoms with Gasteiger partial charge in [0.2, 0.25) is 12.3 Å². The summed E-state index contributed by atoms with van der Waals surface area (Å²) in [5.41, 5.74) is 0.0400. The fourth-order valence-electron chi connectivity index (χ4n) is 3.16. The molecule has 6 nitrogen and oxygen atoms in total. The minimum Gasteiger partial charge on any atom is -0.462 e. The Morgan fingerprint density at radius 2 is 1.96 bits per heavy atom. The second-order valence-electron chi connectivity index (χ2n) is 6.16. The van der Waals surface area contributed by atoms with Crippen LogP contribution in [-0.2, 0) is 11.0 Å². The van der Waals surface area contributed by atoms with Gasteiger partial charge in [0.15, 0.2) is 0 Å². The Bertz CT molecular complexity index is 746. The number of likely N-dealkylation sites (tertiary alicyclic amines) is 1. The molecule has 1 amide bonds. The molecule has 26 heavy (non-hydrogen) atoms. The Morgan fingerprint density at radius 1 is 1.27 bits per heavy atom. The molecule has 1 aromatic carbocycles. The van der Waals surface area contributed by atoms with Crippen LogP contribution in [0.2, 0.25) is 0 Å². The molecule has 9 heteroatoms. The number of piperidine rings is 1. The maximum Gasteiger partial charge on any atom is 0.416 e. The summed E-state index contributed by atoms with van der Waals surface area (Å²) in [6, 6.07) is 5.17. The third-order valence-electron chi connectivity index (χ3n) is 4.38. The highest BCUT2D eigenvalue weighted by atomic mass is 19.4. The number of halogens is 3. The maximum atomic E-state index is 12.7. The molecular weight excluding hydrogens is 351 g/mol. The van der Waals surface area contributed by atoms with Crippen LogP contribution in [0.3, 0.4) is 0 Å². The van der Waals surface area contributed by atoms with E-state index < -0.39 is 11.7 Å². The second kappa shape index (κ2) is 7.35. The highest BCUT2D eigenvalue weighted by Gasteiger charge is 2.34. The highest BCUT2D eigenvalue weighted by molar-refractivity contribution is 5.48. The van der Waals surface area contributed by atoms with Crippen LogP contribution in [0, 0.1) is 0 Å². The number of hydrogen-bond acceptors (Lipinski definition) is 5. The van der Waals surface area contributed by atoms with Crippen LogP contribution >= 0.6 is 0 Å². The SMILES string of the molecule is CCOc1noc(C2CC(c3ccc(C(F)(F)F)cc3)CN(C=O)C2)n1. The summed E-state index contributed by atoms with van der Waals surface area (Å²) in [4.78, 5) is 17.0. The summed E-state index contributed by atoms with van der Waals surface area (Å²) >= 11 is 0. The summed E-state index contributed by atoms with van der Waals surface area (Å²) in [5.74, 6) is 0.0311. The number of carbonyl (C=O) groups is 1. The Labute approximate surface area is 147 Å². The maximum absolute atomic E-state index is 12.7. The third kappa shape index (κ3) is 3.97. The fraction of sp³-hybridized carbons (Fsp3) is 0.471. The molecule has 0 bridgehead atoms. The number of alkyl halides is 3. The van der Waals surface area contributed by atoms with Crippen molar-refractivity contribution >= 4 is 6.41 Å². The smallest absolute Gasteiger partial charge is 0.416 e. The van der Waals surface area contributed by atoms with Gasteiger partial charge in [0.1, 0.15) is 0 Å². The molecule has 0 aliphatic carbocycles. The first-order valence-electron chi connectivity index (χ1n) is 8.23. The van der Waals surface area contributed by atoms with Crippen molar-refractivity contribution in [1.29, 1.82) is 0 Å². The number of nitrogens with zero attached hydrogens (tertiary/aromatic N) is 3. The molecule has 0 spiro atoms. The first kappa shape index (κ1) is 18.2. The number of hydrogen-bond donors (Lipinski definition) is 0. The van der Waals surface area contributed by atoms with E-state index in [9.17, 15) is 18.0 Å². The van der Waals surface area contributed by atoms with Gasteiger partial charge in [-0.3, -0.25) is 4.79 Å². The van der Waals surface area contributed by atoms with E-state index in [0.29, 0.717) is 32.0 Å². The van der Waals surface area contributed by atoms with Gasteiger partial charge in [0.05, 0.1) is 18.1 Å². The number of aromatic nitrogens is 2. The number of benzene rings is 1. The zero-order valence-electron chi connectivity index (χ0n) is 14.1. The van der Waals surface area contributed by atoms with Crippen LogP contribution < -0.4 is 4.74 Å². The summed E-state index contributed by atoms with van der Waals surface area (Å²) in [6.07, 6.45) is -3.06. The molecule has 1 aliphatic rings. The third-order valence-corrected chi connectivity index (χ3v) is 4.38. The van der Waals surface area contributed by atoms with Crippen molar-refractivity contribution in [3.05, 3.63) is 41.3 Å². The van der Waals surface area contributed by atoms with Crippen LogP contribution in [0.15, 0.2) is 28.8 Å². The Hall–Kier alpha value is -2.58. The van der Waals surface area contributed by atoms with Gasteiger partial charge in [-0.1, -0.05) is 12.1 Å². The summed E-state index contributed by atoms with van der Waals surface area (Å²) in [6.45, 7) is 3.04. The minimum absolute atomic E-state index is 0.122. The van der Waals surface area contributed by atoms with E-state index in [-0.39, 0.29) is 17.8 Å². The Morgan fingerprint density at radius 3 is 2.58 bits per heavy atom. The molecule has 1 aliphatic heterocycles. The lowest BCUT2D eigenvalue weighted by molar-refractivity contribution is -0.137. The monoisotopic (exact) mass is 369 g/mol. The van der Waals surface area contributed by atoms with Crippen LogP contribution in [0.4, 0.5) is 13.2 Å². The van der Waals surface area contributed by atoms with Crippen molar-refractivity contribution in [2.45, 2.75) is 31.4 Å². The molecule has 2 heterocycles. The topological polar surface area (TPSA) is 68.5 Å². The van der Waals surface area contributed by atoms with Gasteiger partial charge in [-0.2, -0.15) is 18.2 Å². The number of amides is 1. The molecule has 2 unspecified atom stereocenters. The van der Waals surface area contributed by atoms with E-state index in [1.54, 1.807) is 11.8 Å².